The van der Waals surface area contributed by atoms with E-state index >= 15 is 0 Å². The van der Waals surface area contributed by atoms with Gasteiger partial charge in [-0.1, -0.05) is 80.2 Å². The fourth-order valence-corrected chi connectivity index (χ4v) is 3.70. The summed E-state index contributed by atoms with van der Waals surface area (Å²) in [6, 6.07) is 19.1. The Bertz CT molecular complexity index is 635. The minimum absolute atomic E-state index is 0.706. The van der Waals surface area contributed by atoms with Crippen LogP contribution in [-0.4, -0.2) is 46.9 Å². The molecule has 0 amide bonds. The molecule has 2 nitrogen and oxygen atoms in total. The van der Waals surface area contributed by atoms with Gasteiger partial charge in [-0.2, -0.15) is 0 Å². The van der Waals surface area contributed by atoms with Crippen molar-refractivity contribution < 1.29 is 4.74 Å². The second-order valence-corrected chi connectivity index (χ2v) is 7.60. The molecule has 0 saturated carbocycles. The number of rotatable bonds is 12. The number of nitrogens with zero attached hydrogens (tertiary/aromatic N) is 1. The van der Waals surface area contributed by atoms with E-state index in [0.717, 1.165) is 37.9 Å². The minimum Gasteiger partial charge on any atom is -0.385 e. The average Bonchev–Trinajstić information content (AvgIpc) is 2.71. The topological polar surface area (TPSA) is 12.5 Å². The first-order chi connectivity index (χ1) is 12.7. The summed E-state index contributed by atoms with van der Waals surface area (Å²) in [4.78, 5) is 2.46. The van der Waals surface area contributed by atoms with Gasteiger partial charge >= 0.3 is 0 Å². The summed E-state index contributed by atoms with van der Waals surface area (Å²) in [5.41, 5.74) is 3.43. The van der Waals surface area contributed by atoms with Gasteiger partial charge in [0, 0.05) is 12.8 Å². The Morgan fingerprint density at radius 2 is 1.58 bits per heavy atom. The Morgan fingerprint density at radius 1 is 0.923 bits per heavy atom. The molecule has 2 rings (SSSR count). The van der Waals surface area contributed by atoms with Gasteiger partial charge in [0.25, 0.3) is 0 Å². The fraction of sp³-hybridized carbons (Fsp3) is 0.391. The van der Waals surface area contributed by atoms with Crippen molar-refractivity contribution in [3.05, 3.63) is 72.3 Å². The minimum atomic E-state index is 0.706. The Kier molecular flexibility index (Phi) is 9.39. The Labute approximate surface area is 161 Å². The summed E-state index contributed by atoms with van der Waals surface area (Å²) in [5, 5.41) is 1.35. The zero-order valence-corrected chi connectivity index (χ0v) is 17.2. The third-order valence-electron chi connectivity index (χ3n) is 4.64. The van der Waals surface area contributed by atoms with Crippen molar-refractivity contribution in [3.63, 3.8) is 0 Å². The van der Waals surface area contributed by atoms with Crippen molar-refractivity contribution >= 4 is 20.3 Å². The molecule has 0 unspecified atom stereocenters. The van der Waals surface area contributed by atoms with Crippen LogP contribution >= 0.6 is 0 Å². The molecule has 0 saturated heterocycles. The largest absolute Gasteiger partial charge is 0.385 e. The van der Waals surface area contributed by atoms with Crippen molar-refractivity contribution in [2.45, 2.75) is 26.7 Å². The first kappa shape index (κ1) is 20.6. The molecule has 0 N–H and O–H groups in total. The lowest BCUT2D eigenvalue weighted by Gasteiger charge is -2.17. The number of unbranched alkanes of at least 4 members (excludes halogenated alkanes) is 1. The van der Waals surface area contributed by atoms with Gasteiger partial charge in [-0.15, -0.1) is 0 Å². The zero-order valence-electron chi connectivity index (χ0n) is 16.2. The zero-order chi connectivity index (χ0) is 18.6. The standard InChI is InChI=1S/C23H31NOSi/c1-4-24(5-2)17-9-10-18-25-19-26-23-15-13-22(14-16-23)20(3)21-11-7-6-8-12-21/h6-8,11-16H,3-5,9-10,17-19H2,1-2H3. The first-order valence-corrected chi connectivity index (χ1v) is 10.8. The van der Waals surface area contributed by atoms with Gasteiger partial charge in [0.05, 0.1) is 0 Å². The highest BCUT2D eigenvalue weighted by molar-refractivity contribution is 6.53. The highest BCUT2D eigenvalue weighted by Crippen LogP contribution is 2.20. The smallest absolute Gasteiger partial charge is 0.114 e. The van der Waals surface area contributed by atoms with E-state index < -0.39 is 0 Å². The van der Waals surface area contributed by atoms with Crippen LogP contribution in [0.3, 0.4) is 0 Å². The number of hydrogen-bond donors (Lipinski definition) is 0. The molecule has 0 atom stereocenters. The summed E-state index contributed by atoms with van der Waals surface area (Å²) < 4.78 is 5.81. The van der Waals surface area contributed by atoms with Crippen LogP contribution in [0, 0.1) is 0 Å². The molecular weight excluding hydrogens is 334 g/mol. The summed E-state index contributed by atoms with van der Waals surface area (Å²) in [5.74, 6) is 0. The molecule has 138 valence electrons. The quantitative estimate of drug-likeness (QED) is 0.413. The van der Waals surface area contributed by atoms with Crippen LogP contribution in [0.15, 0.2) is 61.2 Å². The van der Waals surface area contributed by atoms with Crippen molar-refractivity contribution in [1.29, 1.82) is 0 Å². The van der Waals surface area contributed by atoms with E-state index in [1.165, 1.54) is 29.3 Å². The maximum absolute atomic E-state index is 5.81. The molecule has 26 heavy (non-hydrogen) atoms. The lowest BCUT2D eigenvalue weighted by molar-refractivity contribution is 0.167. The average molecular weight is 366 g/mol. The van der Waals surface area contributed by atoms with Gasteiger partial charge < -0.3 is 9.64 Å². The lowest BCUT2D eigenvalue weighted by atomic mass is 10.00. The third-order valence-corrected chi connectivity index (χ3v) is 5.73. The van der Waals surface area contributed by atoms with Crippen LogP contribution in [0.5, 0.6) is 0 Å². The third kappa shape index (κ3) is 6.91. The molecule has 0 spiro atoms. The summed E-state index contributed by atoms with van der Waals surface area (Å²) in [7, 11) is 0.706. The van der Waals surface area contributed by atoms with E-state index in [0.29, 0.717) is 9.52 Å². The Balaban J connectivity index is 1.66. The van der Waals surface area contributed by atoms with Crippen molar-refractivity contribution in [2.24, 2.45) is 0 Å². The number of ether oxygens (including phenoxy) is 1. The maximum Gasteiger partial charge on any atom is 0.114 e. The maximum atomic E-state index is 5.81. The normalized spacial score (nSPS) is 11.0. The molecule has 0 heterocycles. The summed E-state index contributed by atoms with van der Waals surface area (Å²) >= 11 is 0. The molecule has 2 aromatic carbocycles. The van der Waals surface area contributed by atoms with E-state index in [-0.39, 0.29) is 0 Å². The Morgan fingerprint density at radius 3 is 2.23 bits per heavy atom. The first-order valence-electron chi connectivity index (χ1n) is 9.63. The number of hydrogen-bond acceptors (Lipinski definition) is 2. The predicted molar refractivity (Wildman–Crippen MR) is 114 cm³/mol. The second-order valence-electron chi connectivity index (χ2n) is 6.39. The Hall–Kier alpha value is -1.68. The van der Waals surface area contributed by atoms with Crippen molar-refractivity contribution in [2.75, 3.05) is 32.5 Å². The molecule has 2 radical (unpaired) electrons. The van der Waals surface area contributed by atoms with E-state index in [1.54, 1.807) is 0 Å². The van der Waals surface area contributed by atoms with Gasteiger partial charge in [-0.05, 0) is 49.2 Å². The summed E-state index contributed by atoms with van der Waals surface area (Å²) in [6.45, 7) is 13.0. The molecule has 0 bridgehead atoms. The molecule has 0 aromatic heterocycles. The summed E-state index contributed by atoms with van der Waals surface area (Å²) in [6.07, 6.45) is 3.20. The van der Waals surface area contributed by atoms with E-state index in [2.05, 4.69) is 73.9 Å². The SMILES string of the molecule is C=C(c1ccccc1)c1ccc([Si]COCCCCN(CC)CC)cc1. The molecule has 0 aliphatic heterocycles. The van der Waals surface area contributed by atoms with Gasteiger partial charge in [-0.3, -0.25) is 0 Å². The second kappa shape index (κ2) is 11.8. The molecule has 0 fully saturated rings. The predicted octanol–water partition coefficient (Wildman–Crippen LogP) is 4.17. The van der Waals surface area contributed by atoms with Crippen LogP contribution in [0.4, 0.5) is 0 Å². The highest BCUT2D eigenvalue weighted by Gasteiger charge is 2.03. The van der Waals surface area contributed by atoms with Crippen LogP contribution in [0.1, 0.15) is 37.8 Å². The van der Waals surface area contributed by atoms with Crippen LogP contribution in [0.2, 0.25) is 0 Å². The van der Waals surface area contributed by atoms with Crippen molar-refractivity contribution in [1.82, 2.24) is 4.90 Å². The monoisotopic (exact) mass is 365 g/mol. The molecule has 3 heteroatoms. The van der Waals surface area contributed by atoms with Gasteiger partial charge in [-0.25, -0.2) is 0 Å². The van der Waals surface area contributed by atoms with Crippen LogP contribution in [0.25, 0.3) is 5.57 Å². The fourth-order valence-electron chi connectivity index (χ4n) is 2.88. The van der Waals surface area contributed by atoms with E-state index in [4.69, 9.17) is 4.74 Å². The van der Waals surface area contributed by atoms with E-state index in [9.17, 15) is 0 Å². The van der Waals surface area contributed by atoms with E-state index in [1.807, 2.05) is 6.07 Å². The lowest BCUT2D eigenvalue weighted by Crippen LogP contribution is -2.24. The van der Waals surface area contributed by atoms with Crippen LogP contribution in [-0.2, 0) is 4.74 Å². The molecular formula is C23H31NOSi. The molecule has 2 aromatic rings. The number of benzene rings is 2. The molecule has 0 aliphatic rings. The van der Waals surface area contributed by atoms with Crippen molar-refractivity contribution in [3.8, 4) is 0 Å². The van der Waals surface area contributed by atoms with Gasteiger partial charge in [0.15, 0.2) is 0 Å². The molecule has 0 aliphatic carbocycles. The van der Waals surface area contributed by atoms with Gasteiger partial charge in [0.2, 0.25) is 0 Å². The van der Waals surface area contributed by atoms with Crippen LogP contribution < -0.4 is 5.19 Å². The van der Waals surface area contributed by atoms with Gasteiger partial charge in [0.1, 0.15) is 9.52 Å². The highest BCUT2D eigenvalue weighted by atomic mass is 28.2.